The van der Waals surface area contributed by atoms with E-state index in [0.717, 1.165) is 109 Å². The van der Waals surface area contributed by atoms with E-state index in [0.29, 0.717) is 19.3 Å². The van der Waals surface area contributed by atoms with Gasteiger partial charge in [0, 0.05) is 19.3 Å². The first-order valence-electron chi connectivity index (χ1n) is 32.9. The van der Waals surface area contributed by atoms with Gasteiger partial charge >= 0.3 is 17.9 Å². The quantitative estimate of drug-likeness (QED) is 0.0261. The van der Waals surface area contributed by atoms with Crippen LogP contribution in [0.2, 0.25) is 0 Å². The van der Waals surface area contributed by atoms with Gasteiger partial charge in [0.2, 0.25) is 0 Å². The topological polar surface area (TPSA) is 78.9 Å². The Morgan fingerprint density at radius 2 is 0.526 bits per heavy atom. The molecule has 0 saturated heterocycles. The zero-order chi connectivity index (χ0) is 55.0. The lowest BCUT2D eigenvalue weighted by atomic mass is 10.0. The number of esters is 3. The van der Waals surface area contributed by atoms with Crippen LogP contribution in [-0.4, -0.2) is 37.2 Å². The third-order valence-corrected chi connectivity index (χ3v) is 14.4. The number of carbonyl (C=O) groups is 3. The third kappa shape index (κ3) is 61.7. The fourth-order valence-corrected chi connectivity index (χ4v) is 9.51. The van der Waals surface area contributed by atoms with Crippen LogP contribution in [0.1, 0.15) is 335 Å². The fraction of sp³-hybridized carbons (Fsp3) is 0.786. The normalized spacial score (nSPS) is 12.5. The molecule has 76 heavy (non-hydrogen) atoms. The maximum absolute atomic E-state index is 12.9. The first kappa shape index (κ1) is 72.8. The number of hydrogen-bond acceptors (Lipinski definition) is 6. The van der Waals surface area contributed by atoms with E-state index in [1.165, 1.54) is 186 Å². The molecular weight excluding hydrogens is 937 g/mol. The number of rotatable bonds is 60. The summed E-state index contributed by atoms with van der Waals surface area (Å²) in [5.74, 6) is -0.886. The molecule has 0 spiro atoms. The first-order valence-corrected chi connectivity index (χ1v) is 32.9. The van der Waals surface area contributed by atoms with Gasteiger partial charge in [0.25, 0.3) is 0 Å². The summed E-state index contributed by atoms with van der Waals surface area (Å²) >= 11 is 0. The maximum atomic E-state index is 12.9. The summed E-state index contributed by atoms with van der Waals surface area (Å²) in [6.07, 6.45) is 83.4. The SMILES string of the molecule is CC/C=C\C/C=C\C/C=C\C/C=C\CCCCCCCCCCC(=O)OC(COC(=O)CCCCCCC/C=C\C/C=C\CCCC)COC(=O)CCCCCCCCCCCCCCCCCCCCCCCCC. The molecule has 0 rings (SSSR count). The Hall–Kier alpha value is -3.15. The summed E-state index contributed by atoms with van der Waals surface area (Å²) in [7, 11) is 0. The molecule has 440 valence electrons. The lowest BCUT2D eigenvalue weighted by molar-refractivity contribution is -0.167. The van der Waals surface area contributed by atoms with Crippen molar-refractivity contribution < 1.29 is 28.6 Å². The van der Waals surface area contributed by atoms with Crippen molar-refractivity contribution in [1.82, 2.24) is 0 Å². The van der Waals surface area contributed by atoms with E-state index in [4.69, 9.17) is 14.2 Å². The van der Waals surface area contributed by atoms with Crippen LogP contribution in [0.4, 0.5) is 0 Å². The highest BCUT2D eigenvalue weighted by atomic mass is 16.6. The molecule has 0 aliphatic carbocycles. The average Bonchev–Trinajstić information content (AvgIpc) is 3.42. The summed E-state index contributed by atoms with van der Waals surface area (Å²) in [6, 6.07) is 0. The second-order valence-electron chi connectivity index (χ2n) is 22.0. The van der Waals surface area contributed by atoms with E-state index in [1.54, 1.807) is 0 Å². The van der Waals surface area contributed by atoms with Crippen LogP contribution in [-0.2, 0) is 28.6 Å². The number of unbranched alkanes of at least 4 members (excludes halogenated alkanes) is 37. The molecule has 0 N–H and O–H groups in total. The molecule has 6 heteroatoms. The van der Waals surface area contributed by atoms with Crippen LogP contribution in [0.5, 0.6) is 0 Å². The Morgan fingerprint density at radius 3 is 0.842 bits per heavy atom. The largest absolute Gasteiger partial charge is 0.462 e. The van der Waals surface area contributed by atoms with E-state index in [9.17, 15) is 14.4 Å². The molecule has 0 amide bonds. The standard InChI is InChI=1S/C70H124O6/c1-4-7-10-13-16-19-22-25-28-30-32-34-35-37-38-40-42-45-48-51-54-57-60-63-69(72)75-66-67(65-74-68(71)62-59-56-53-50-47-44-27-24-21-18-15-12-9-6-3)76-70(73)64-61-58-55-52-49-46-43-41-39-36-33-31-29-26-23-20-17-14-11-8-5-2/h8,11,15,17-18,20,24,26-27,29,33,36,67H,4-7,9-10,12-14,16,19,21-23,25,28,30-32,34-35,37-66H2,1-3H3/b11-8-,18-15-,20-17-,27-24-,29-26-,36-33-. The molecule has 0 aliphatic heterocycles. The predicted octanol–water partition coefficient (Wildman–Crippen LogP) is 22.5. The van der Waals surface area contributed by atoms with Crippen LogP contribution < -0.4 is 0 Å². The Bertz CT molecular complexity index is 1400. The summed E-state index contributed by atoms with van der Waals surface area (Å²) in [5.41, 5.74) is 0. The maximum Gasteiger partial charge on any atom is 0.306 e. The Labute approximate surface area is 472 Å². The molecule has 0 aliphatic rings. The van der Waals surface area contributed by atoms with Gasteiger partial charge in [0.15, 0.2) is 6.10 Å². The second kappa shape index (κ2) is 64.4. The highest BCUT2D eigenvalue weighted by Gasteiger charge is 2.19. The highest BCUT2D eigenvalue weighted by molar-refractivity contribution is 5.71. The molecule has 0 aromatic rings. The third-order valence-electron chi connectivity index (χ3n) is 14.4. The van der Waals surface area contributed by atoms with Crippen LogP contribution in [0.3, 0.4) is 0 Å². The van der Waals surface area contributed by atoms with Gasteiger partial charge < -0.3 is 14.2 Å². The molecule has 1 atom stereocenters. The van der Waals surface area contributed by atoms with Gasteiger partial charge in [-0.25, -0.2) is 0 Å². The van der Waals surface area contributed by atoms with Crippen molar-refractivity contribution in [2.24, 2.45) is 0 Å². The van der Waals surface area contributed by atoms with Crippen LogP contribution >= 0.6 is 0 Å². The minimum Gasteiger partial charge on any atom is -0.462 e. The lowest BCUT2D eigenvalue weighted by Gasteiger charge is -2.18. The van der Waals surface area contributed by atoms with Gasteiger partial charge in [0.1, 0.15) is 13.2 Å². The van der Waals surface area contributed by atoms with Crippen molar-refractivity contribution in [3.8, 4) is 0 Å². The van der Waals surface area contributed by atoms with Gasteiger partial charge in [-0.1, -0.05) is 306 Å². The van der Waals surface area contributed by atoms with Crippen molar-refractivity contribution in [2.75, 3.05) is 13.2 Å². The molecule has 0 aromatic heterocycles. The zero-order valence-corrected chi connectivity index (χ0v) is 50.5. The summed E-state index contributed by atoms with van der Waals surface area (Å²) < 4.78 is 16.9. The summed E-state index contributed by atoms with van der Waals surface area (Å²) in [5, 5.41) is 0. The second-order valence-corrected chi connectivity index (χ2v) is 22.0. The van der Waals surface area contributed by atoms with Crippen molar-refractivity contribution in [3.05, 3.63) is 72.9 Å². The van der Waals surface area contributed by atoms with Crippen molar-refractivity contribution in [3.63, 3.8) is 0 Å². The zero-order valence-electron chi connectivity index (χ0n) is 50.5. The predicted molar refractivity (Wildman–Crippen MR) is 330 cm³/mol. The van der Waals surface area contributed by atoms with E-state index >= 15 is 0 Å². The Balaban J connectivity index is 4.32. The van der Waals surface area contributed by atoms with Gasteiger partial charge in [-0.15, -0.1) is 0 Å². The highest BCUT2D eigenvalue weighted by Crippen LogP contribution is 2.17. The van der Waals surface area contributed by atoms with E-state index < -0.39 is 6.10 Å². The number of hydrogen-bond donors (Lipinski definition) is 0. The molecule has 0 radical (unpaired) electrons. The molecule has 0 fully saturated rings. The minimum atomic E-state index is -0.786. The van der Waals surface area contributed by atoms with Crippen molar-refractivity contribution in [1.29, 1.82) is 0 Å². The van der Waals surface area contributed by atoms with Crippen LogP contribution in [0.15, 0.2) is 72.9 Å². The smallest absolute Gasteiger partial charge is 0.306 e. The Morgan fingerprint density at radius 1 is 0.276 bits per heavy atom. The van der Waals surface area contributed by atoms with Crippen LogP contribution in [0, 0.1) is 0 Å². The molecule has 1 unspecified atom stereocenters. The van der Waals surface area contributed by atoms with Crippen molar-refractivity contribution in [2.45, 2.75) is 341 Å². The van der Waals surface area contributed by atoms with Crippen molar-refractivity contribution >= 4 is 17.9 Å². The van der Waals surface area contributed by atoms with E-state index in [-0.39, 0.29) is 31.1 Å². The molecule has 0 aromatic carbocycles. The van der Waals surface area contributed by atoms with Crippen LogP contribution in [0.25, 0.3) is 0 Å². The Kier molecular flexibility index (Phi) is 61.7. The lowest BCUT2D eigenvalue weighted by Crippen LogP contribution is -2.30. The van der Waals surface area contributed by atoms with E-state index in [2.05, 4.69) is 93.7 Å². The van der Waals surface area contributed by atoms with Gasteiger partial charge in [-0.05, 0) is 83.5 Å². The molecule has 6 nitrogen and oxygen atoms in total. The van der Waals surface area contributed by atoms with Gasteiger partial charge in [-0.3, -0.25) is 14.4 Å². The first-order chi connectivity index (χ1) is 37.5. The molecule has 0 bridgehead atoms. The molecule has 0 heterocycles. The average molecular weight is 1060 g/mol. The van der Waals surface area contributed by atoms with Gasteiger partial charge in [0.05, 0.1) is 0 Å². The number of allylic oxidation sites excluding steroid dienone is 12. The molecular formula is C70H124O6. The monoisotopic (exact) mass is 1060 g/mol. The minimum absolute atomic E-state index is 0.0803. The van der Waals surface area contributed by atoms with Gasteiger partial charge in [-0.2, -0.15) is 0 Å². The summed E-state index contributed by atoms with van der Waals surface area (Å²) in [4.78, 5) is 38.3. The molecule has 0 saturated carbocycles. The summed E-state index contributed by atoms with van der Waals surface area (Å²) in [6.45, 7) is 6.52. The fourth-order valence-electron chi connectivity index (χ4n) is 9.51. The van der Waals surface area contributed by atoms with E-state index in [1.807, 2.05) is 0 Å². The number of carbonyl (C=O) groups excluding carboxylic acids is 3. The number of ether oxygens (including phenoxy) is 3.